The Hall–Kier alpha value is -0.540. The van der Waals surface area contributed by atoms with Crippen LogP contribution in [0.4, 0.5) is 0 Å². The van der Waals surface area contributed by atoms with Gasteiger partial charge in [0, 0.05) is 18.4 Å². The van der Waals surface area contributed by atoms with Crippen molar-refractivity contribution in [1.82, 2.24) is 4.90 Å². The van der Waals surface area contributed by atoms with E-state index in [4.69, 9.17) is 0 Å². The maximum atomic E-state index is 9.36. The Bertz CT molecular complexity index is 329. The molecule has 1 saturated heterocycles. The van der Waals surface area contributed by atoms with Gasteiger partial charge in [0.05, 0.1) is 0 Å². The van der Waals surface area contributed by atoms with E-state index in [1.165, 1.54) is 25.1 Å². The van der Waals surface area contributed by atoms with Gasteiger partial charge in [0.2, 0.25) is 0 Å². The van der Waals surface area contributed by atoms with E-state index in [0.29, 0.717) is 5.75 Å². The lowest BCUT2D eigenvalue weighted by atomic mass is 10.2. The molecule has 0 bridgehead atoms. The third-order valence-electron chi connectivity index (χ3n) is 2.90. The average molecular weight is 270 g/mol. The van der Waals surface area contributed by atoms with E-state index in [1.807, 2.05) is 12.1 Å². The first-order valence-corrected chi connectivity index (χ1v) is 6.46. The molecule has 3 heteroatoms. The first kappa shape index (κ1) is 11.0. The summed E-state index contributed by atoms with van der Waals surface area (Å²) in [7, 11) is 0. The second-order valence-corrected chi connectivity index (χ2v) is 4.86. The molecule has 1 aliphatic rings. The average Bonchev–Trinajstić information content (AvgIpc) is 2.65. The van der Waals surface area contributed by atoms with Crippen molar-refractivity contribution in [1.29, 1.82) is 0 Å². The number of halogens is 1. The molecule has 1 unspecified atom stereocenters. The molecule has 0 saturated carbocycles. The summed E-state index contributed by atoms with van der Waals surface area (Å²) in [6, 6.07) is 7.54. The minimum absolute atomic E-state index is 0.365. The molecule has 1 aromatic carbocycles. The van der Waals surface area contributed by atoms with Crippen LogP contribution in [-0.2, 0) is 6.54 Å². The van der Waals surface area contributed by atoms with Crippen molar-refractivity contribution in [2.24, 2.45) is 5.92 Å². The zero-order chi connectivity index (χ0) is 10.7. The van der Waals surface area contributed by atoms with Crippen molar-refractivity contribution in [3.8, 4) is 5.75 Å². The highest BCUT2D eigenvalue weighted by Crippen LogP contribution is 2.21. The second-order valence-electron chi connectivity index (χ2n) is 4.21. The van der Waals surface area contributed by atoms with Gasteiger partial charge in [0.25, 0.3) is 0 Å². The third kappa shape index (κ3) is 2.95. The van der Waals surface area contributed by atoms with Gasteiger partial charge in [-0.15, -0.1) is 0 Å². The van der Waals surface area contributed by atoms with Gasteiger partial charge in [0.1, 0.15) is 5.75 Å². The first-order valence-electron chi connectivity index (χ1n) is 5.34. The maximum absolute atomic E-state index is 9.36. The fourth-order valence-electron chi connectivity index (χ4n) is 2.10. The van der Waals surface area contributed by atoms with Crippen molar-refractivity contribution in [2.45, 2.75) is 13.0 Å². The highest BCUT2D eigenvalue weighted by molar-refractivity contribution is 9.09. The molecule has 0 aliphatic carbocycles. The van der Waals surface area contributed by atoms with E-state index < -0.39 is 0 Å². The van der Waals surface area contributed by atoms with Crippen LogP contribution in [0.1, 0.15) is 12.0 Å². The quantitative estimate of drug-likeness (QED) is 0.853. The number of phenols is 1. The van der Waals surface area contributed by atoms with Gasteiger partial charge in [-0.05, 0) is 36.6 Å². The van der Waals surface area contributed by atoms with Crippen LogP contribution >= 0.6 is 15.9 Å². The Morgan fingerprint density at radius 2 is 2.33 bits per heavy atom. The molecule has 0 radical (unpaired) electrons. The number of nitrogens with zero attached hydrogens (tertiary/aromatic N) is 1. The van der Waals surface area contributed by atoms with Crippen LogP contribution in [0.5, 0.6) is 5.75 Å². The highest BCUT2D eigenvalue weighted by atomic mass is 79.9. The molecule has 1 N–H and O–H groups in total. The maximum Gasteiger partial charge on any atom is 0.115 e. The highest BCUT2D eigenvalue weighted by Gasteiger charge is 2.21. The zero-order valence-corrected chi connectivity index (χ0v) is 10.3. The van der Waals surface area contributed by atoms with Crippen LogP contribution < -0.4 is 0 Å². The Morgan fingerprint density at radius 1 is 1.47 bits per heavy atom. The Labute approximate surface area is 99.0 Å². The van der Waals surface area contributed by atoms with Gasteiger partial charge in [-0.1, -0.05) is 28.1 Å². The van der Waals surface area contributed by atoms with Crippen LogP contribution in [-0.4, -0.2) is 28.4 Å². The van der Waals surface area contributed by atoms with Gasteiger partial charge in [0.15, 0.2) is 0 Å². The normalized spacial score (nSPS) is 22.1. The number of aromatic hydroxyl groups is 1. The van der Waals surface area contributed by atoms with Gasteiger partial charge >= 0.3 is 0 Å². The van der Waals surface area contributed by atoms with Crippen molar-refractivity contribution in [3.63, 3.8) is 0 Å². The summed E-state index contributed by atoms with van der Waals surface area (Å²) in [6.07, 6.45) is 1.28. The van der Waals surface area contributed by atoms with Crippen molar-refractivity contribution < 1.29 is 5.11 Å². The first-order chi connectivity index (χ1) is 7.28. The minimum atomic E-state index is 0.365. The van der Waals surface area contributed by atoms with Gasteiger partial charge in [-0.25, -0.2) is 0 Å². The summed E-state index contributed by atoms with van der Waals surface area (Å²) >= 11 is 3.53. The Morgan fingerprint density at radius 3 is 3.00 bits per heavy atom. The molecule has 0 spiro atoms. The van der Waals surface area contributed by atoms with Gasteiger partial charge in [-0.3, -0.25) is 4.90 Å². The largest absolute Gasteiger partial charge is 0.508 e. The molecule has 0 aromatic heterocycles. The molecule has 1 atom stereocenters. The molecule has 2 nitrogen and oxygen atoms in total. The molecule has 15 heavy (non-hydrogen) atoms. The fraction of sp³-hybridized carbons (Fsp3) is 0.500. The smallest absolute Gasteiger partial charge is 0.115 e. The standard InChI is InChI=1S/C12H16BrNO/c13-7-11-4-5-14(9-11)8-10-2-1-3-12(15)6-10/h1-3,6,11,15H,4-5,7-9H2. The number of hydrogen-bond donors (Lipinski definition) is 1. The molecule has 0 amide bonds. The third-order valence-corrected chi connectivity index (χ3v) is 3.82. The van der Waals surface area contributed by atoms with Crippen molar-refractivity contribution >= 4 is 15.9 Å². The minimum Gasteiger partial charge on any atom is -0.508 e. The molecule has 1 heterocycles. The Balaban J connectivity index is 1.92. The monoisotopic (exact) mass is 269 g/mol. The summed E-state index contributed by atoms with van der Waals surface area (Å²) in [5, 5.41) is 10.5. The fourth-order valence-corrected chi connectivity index (χ4v) is 2.62. The van der Waals surface area contributed by atoms with E-state index in [1.54, 1.807) is 6.07 Å². The molecule has 1 aromatic rings. The van der Waals surface area contributed by atoms with Crippen LogP contribution in [0.15, 0.2) is 24.3 Å². The number of benzene rings is 1. The number of phenolic OH excluding ortho intramolecular Hbond substituents is 1. The van der Waals surface area contributed by atoms with E-state index in [2.05, 4.69) is 26.9 Å². The van der Waals surface area contributed by atoms with E-state index in [9.17, 15) is 5.11 Å². The molecule has 1 fully saturated rings. The molecular weight excluding hydrogens is 254 g/mol. The predicted molar refractivity (Wildman–Crippen MR) is 65.3 cm³/mol. The van der Waals surface area contributed by atoms with Gasteiger partial charge in [-0.2, -0.15) is 0 Å². The molecule has 82 valence electrons. The number of rotatable bonds is 3. The van der Waals surface area contributed by atoms with E-state index in [-0.39, 0.29) is 0 Å². The second kappa shape index (κ2) is 4.99. The number of hydrogen-bond acceptors (Lipinski definition) is 2. The number of likely N-dealkylation sites (tertiary alicyclic amines) is 1. The van der Waals surface area contributed by atoms with Crippen LogP contribution in [0.2, 0.25) is 0 Å². The number of alkyl halides is 1. The van der Waals surface area contributed by atoms with E-state index >= 15 is 0 Å². The van der Waals surface area contributed by atoms with Gasteiger partial charge < -0.3 is 5.11 Å². The summed E-state index contributed by atoms with van der Waals surface area (Å²) in [6.45, 7) is 3.30. The van der Waals surface area contributed by atoms with Crippen LogP contribution in [0, 0.1) is 5.92 Å². The molecular formula is C12H16BrNO. The van der Waals surface area contributed by atoms with Crippen LogP contribution in [0.25, 0.3) is 0 Å². The lowest BCUT2D eigenvalue weighted by Gasteiger charge is -2.15. The van der Waals surface area contributed by atoms with E-state index in [0.717, 1.165) is 17.8 Å². The molecule has 2 rings (SSSR count). The summed E-state index contributed by atoms with van der Waals surface area (Å²) < 4.78 is 0. The van der Waals surface area contributed by atoms with Crippen molar-refractivity contribution in [3.05, 3.63) is 29.8 Å². The lowest BCUT2D eigenvalue weighted by Crippen LogP contribution is -2.20. The zero-order valence-electron chi connectivity index (χ0n) is 8.69. The predicted octanol–water partition coefficient (Wildman–Crippen LogP) is 2.61. The lowest BCUT2D eigenvalue weighted by molar-refractivity contribution is 0.320. The Kier molecular flexibility index (Phi) is 3.65. The summed E-state index contributed by atoms with van der Waals surface area (Å²) in [4.78, 5) is 2.45. The SMILES string of the molecule is Oc1cccc(CN2CCC(CBr)C2)c1. The topological polar surface area (TPSA) is 23.5 Å². The van der Waals surface area contributed by atoms with Crippen LogP contribution in [0.3, 0.4) is 0 Å². The van der Waals surface area contributed by atoms with Crippen molar-refractivity contribution in [2.75, 3.05) is 18.4 Å². The summed E-state index contributed by atoms with van der Waals surface area (Å²) in [5.74, 6) is 1.16. The summed E-state index contributed by atoms with van der Waals surface area (Å²) in [5.41, 5.74) is 1.20. The molecule has 1 aliphatic heterocycles.